The van der Waals surface area contributed by atoms with Crippen LogP contribution in [-0.2, 0) is 29.3 Å². The van der Waals surface area contributed by atoms with E-state index in [0.717, 1.165) is 28.7 Å². The van der Waals surface area contributed by atoms with Crippen LogP contribution in [0.1, 0.15) is 54.4 Å². The lowest BCUT2D eigenvalue weighted by Gasteiger charge is -2.35. The van der Waals surface area contributed by atoms with Crippen LogP contribution in [0.2, 0.25) is 0 Å². The summed E-state index contributed by atoms with van der Waals surface area (Å²) in [5.41, 5.74) is 4.10. The van der Waals surface area contributed by atoms with Gasteiger partial charge in [-0.05, 0) is 72.9 Å². The summed E-state index contributed by atoms with van der Waals surface area (Å²) in [7, 11) is -3.22. The number of hydrogen-bond acceptors (Lipinski definition) is 4. The fourth-order valence-electron chi connectivity index (χ4n) is 4.46. The zero-order valence-electron chi connectivity index (χ0n) is 18.3. The SMILES string of the molecule is CCCS(=O)(=O)NCCCc1ccc2c(c1)C(Cc1cccc(F)c1)C(NC(=O)[O-])CC2. The number of benzene rings is 2. The van der Waals surface area contributed by atoms with Gasteiger partial charge in [0.05, 0.1) is 5.75 Å². The molecule has 0 heterocycles. The lowest BCUT2D eigenvalue weighted by atomic mass is 9.75. The normalized spacial score (nSPS) is 18.2. The van der Waals surface area contributed by atoms with Gasteiger partial charge in [-0.15, -0.1) is 0 Å². The van der Waals surface area contributed by atoms with Crippen molar-refractivity contribution in [3.05, 3.63) is 70.5 Å². The molecule has 0 aliphatic heterocycles. The van der Waals surface area contributed by atoms with Crippen LogP contribution in [0.4, 0.5) is 9.18 Å². The summed E-state index contributed by atoms with van der Waals surface area (Å²) >= 11 is 0. The topological polar surface area (TPSA) is 98.3 Å². The minimum Gasteiger partial charge on any atom is -0.530 e. The molecule has 174 valence electrons. The van der Waals surface area contributed by atoms with E-state index in [4.69, 9.17) is 0 Å². The molecule has 2 aromatic carbocycles. The first-order chi connectivity index (χ1) is 15.3. The molecule has 2 N–H and O–H groups in total. The van der Waals surface area contributed by atoms with E-state index in [9.17, 15) is 22.7 Å². The van der Waals surface area contributed by atoms with Crippen molar-refractivity contribution >= 4 is 16.1 Å². The van der Waals surface area contributed by atoms with E-state index in [0.29, 0.717) is 38.6 Å². The predicted octanol–water partition coefficient (Wildman–Crippen LogP) is 2.66. The van der Waals surface area contributed by atoms with Crippen molar-refractivity contribution in [2.24, 2.45) is 0 Å². The molecule has 2 aromatic rings. The summed E-state index contributed by atoms with van der Waals surface area (Å²) in [6.07, 6.45) is 2.54. The molecule has 1 aliphatic rings. The number of carbonyl (C=O) groups excluding carboxylic acids is 1. The summed E-state index contributed by atoms with van der Waals surface area (Å²) in [6, 6.07) is 12.3. The Kier molecular flexibility index (Phi) is 8.26. The van der Waals surface area contributed by atoms with Crippen LogP contribution < -0.4 is 15.1 Å². The van der Waals surface area contributed by atoms with Gasteiger partial charge in [-0.2, -0.15) is 0 Å². The van der Waals surface area contributed by atoms with Crippen LogP contribution in [0.15, 0.2) is 42.5 Å². The summed E-state index contributed by atoms with van der Waals surface area (Å²) in [6.45, 7) is 2.20. The van der Waals surface area contributed by atoms with Crippen molar-refractivity contribution in [1.29, 1.82) is 0 Å². The van der Waals surface area contributed by atoms with E-state index in [1.54, 1.807) is 6.07 Å². The second-order valence-electron chi connectivity index (χ2n) is 8.37. The fraction of sp³-hybridized carbons (Fsp3) is 0.458. The van der Waals surface area contributed by atoms with E-state index in [2.05, 4.69) is 22.2 Å². The second kappa shape index (κ2) is 10.9. The first kappa shape index (κ1) is 24.2. The fourth-order valence-corrected chi connectivity index (χ4v) is 5.59. The lowest BCUT2D eigenvalue weighted by Crippen LogP contribution is -2.48. The molecule has 0 saturated carbocycles. The first-order valence-electron chi connectivity index (χ1n) is 11.1. The van der Waals surface area contributed by atoms with Gasteiger partial charge in [0.1, 0.15) is 11.9 Å². The Morgan fingerprint density at radius 1 is 1.19 bits per heavy atom. The Labute approximate surface area is 189 Å². The standard InChI is InChI=1S/C24H31FN2O4S/c1-2-13-32(30,31)26-12-4-6-17-8-9-19-10-11-23(27-24(28)29)22(21(19)15-17)16-18-5-3-7-20(25)14-18/h3,5,7-9,14-15,22-23,26-27H,2,4,6,10-13,16H2,1H3,(H,28,29)/p-1. The maximum Gasteiger partial charge on any atom is 0.211 e. The maximum atomic E-state index is 13.7. The number of rotatable bonds is 10. The lowest BCUT2D eigenvalue weighted by molar-refractivity contribution is -0.252. The van der Waals surface area contributed by atoms with E-state index < -0.39 is 16.1 Å². The van der Waals surface area contributed by atoms with Crippen LogP contribution >= 0.6 is 0 Å². The molecule has 32 heavy (non-hydrogen) atoms. The second-order valence-corrected chi connectivity index (χ2v) is 10.3. The van der Waals surface area contributed by atoms with E-state index in [1.807, 2.05) is 19.1 Å². The Hall–Kier alpha value is -2.45. The third kappa shape index (κ3) is 6.77. The third-order valence-corrected chi connectivity index (χ3v) is 7.49. The molecule has 2 atom stereocenters. The summed E-state index contributed by atoms with van der Waals surface area (Å²) in [5.74, 6) is -0.330. The Morgan fingerprint density at radius 3 is 2.72 bits per heavy atom. The number of sulfonamides is 1. The van der Waals surface area contributed by atoms with Crippen molar-refractivity contribution in [3.8, 4) is 0 Å². The van der Waals surface area contributed by atoms with Gasteiger partial charge in [0.2, 0.25) is 10.0 Å². The molecule has 6 nitrogen and oxygen atoms in total. The molecule has 8 heteroatoms. The van der Waals surface area contributed by atoms with Crippen molar-refractivity contribution in [1.82, 2.24) is 10.0 Å². The molecule has 0 fully saturated rings. The van der Waals surface area contributed by atoms with E-state index >= 15 is 0 Å². The Morgan fingerprint density at radius 2 is 2.00 bits per heavy atom. The van der Waals surface area contributed by atoms with Gasteiger partial charge < -0.3 is 15.2 Å². The molecule has 0 bridgehead atoms. The highest BCUT2D eigenvalue weighted by atomic mass is 32.2. The monoisotopic (exact) mass is 461 g/mol. The van der Waals surface area contributed by atoms with Gasteiger partial charge in [-0.25, -0.2) is 17.5 Å². The number of fused-ring (bicyclic) bond motifs is 1. The number of carbonyl (C=O) groups is 1. The van der Waals surface area contributed by atoms with Gasteiger partial charge in [0, 0.05) is 18.5 Å². The van der Waals surface area contributed by atoms with Crippen LogP contribution in [-0.4, -0.2) is 32.9 Å². The third-order valence-electron chi connectivity index (χ3n) is 5.91. The Balaban J connectivity index is 1.76. The zero-order chi connectivity index (χ0) is 23.1. The van der Waals surface area contributed by atoms with Gasteiger partial charge in [-0.3, -0.25) is 0 Å². The quantitative estimate of drug-likeness (QED) is 0.532. The molecular weight excluding hydrogens is 431 g/mol. The van der Waals surface area contributed by atoms with Crippen molar-refractivity contribution in [3.63, 3.8) is 0 Å². The van der Waals surface area contributed by atoms with Crippen molar-refractivity contribution < 1.29 is 22.7 Å². The number of amides is 1. The van der Waals surface area contributed by atoms with Crippen LogP contribution in [0, 0.1) is 5.82 Å². The highest BCUT2D eigenvalue weighted by Crippen LogP contribution is 2.35. The molecule has 3 rings (SSSR count). The van der Waals surface area contributed by atoms with Crippen LogP contribution in [0.3, 0.4) is 0 Å². The zero-order valence-corrected chi connectivity index (χ0v) is 19.1. The first-order valence-corrected chi connectivity index (χ1v) is 12.7. The molecule has 0 radical (unpaired) electrons. The van der Waals surface area contributed by atoms with Crippen LogP contribution in [0.25, 0.3) is 0 Å². The Bertz CT molecular complexity index is 1040. The maximum absolute atomic E-state index is 13.7. The molecule has 0 spiro atoms. The summed E-state index contributed by atoms with van der Waals surface area (Å²) < 4.78 is 39.9. The number of aryl methyl sites for hydroxylation is 2. The molecule has 0 saturated heterocycles. The smallest absolute Gasteiger partial charge is 0.211 e. The van der Waals surface area contributed by atoms with Crippen molar-refractivity contribution in [2.45, 2.75) is 57.4 Å². The van der Waals surface area contributed by atoms with Crippen molar-refractivity contribution in [2.75, 3.05) is 12.3 Å². The number of halogens is 1. The van der Waals surface area contributed by atoms with E-state index in [-0.39, 0.29) is 23.5 Å². The average Bonchev–Trinajstić information content (AvgIpc) is 2.72. The number of hydrogen-bond donors (Lipinski definition) is 2. The highest BCUT2D eigenvalue weighted by Gasteiger charge is 2.30. The molecule has 1 aliphatic carbocycles. The summed E-state index contributed by atoms with van der Waals surface area (Å²) in [5, 5.41) is 13.8. The van der Waals surface area contributed by atoms with Crippen LogP contribution in [0.5, 0.6) is 0 Å². The van der Waals surface area contributed by atoms with Gasteiger partial charge in [0.15, 0.2) is 0 Å². The largest absolute Gasteiger partial charge is 0.530 e. The highest BCUT2D eigenvalue weighted by molar-refractivity contribution is 7.89. The minimum atomic E-state index is -3.22. The molecular formula is C24H30FN2O4S-. The van der Waals surface area contributed by atoms with Gasteiger partial charge >= 0.3 is 0 Å². The van der Waals surface area contributed by atoms with E-state index in [1.165, 1.54) is 12.1 Å². The predicted molar refractivity (Wildman–Crippen MR) is 120 cm³/mol. The minimum absolute atomic E-state index is 0.125. The number of carboxylic acid groups (broad SMARTS) is 1. The van der Waals surface area contributed by atoms with Gasteiger partial charge in [0.25, 0.3) is 0 Å². The number of nitrogens with one attached hydrogen (secondary N) is 2. The molecule has 2 unspecified atom stereocenters. The average molecular weight is 462 g/mol. The van der Waals surface area contributed by atoms with Gasteiger partial charge in [-0.1, -0.05) is 37.3 Å². The molecule has 1 amide bonds. The summed E-state index contributed by atoms with van der Waals surface area (Å²) in [4.78, 5) is 11.3. The molecule has 0 aromatic heterocycles.